The molecule has 0 aromatic carbocycles. The molecule has 102 valence electrons. The van der Waals surface area contributed by atoms with Crippen molar-refractivity contribution in [2.24, 2.45) is 0 Å². The zero-order valence-electron chi connectivity index (χ0n) is 10.5. The molecule has 7 nitrogen and oxygen atoms in total. The first-order valence-corrected chi connectivity index (χ1v) is 7.37. The zero-order chi connectivity index (χ0) is 14.0. The third-order valence-electron chi connectivity index (χ3n) is 1.92. The molecule has 1 amide bonds. The molecule has 0 spiro atoms. The lowest BCUT2D eigenvalue weighted by atomic mass is 10.3. The Labute approximate surface area is 110 Å². The molecule has 1 aromatic heterocycles. The highest BCUT2D eigenvalue weighted by molar-refractivity contribution is 7.90. The van der Waals surface area contributed by atoms with E-state index in [1.54, 1.807) is 5.38 Å². The van der Waals surface area contributed by atoms with Crippen LogP contribution in [0.15, 0.2) is 11.6 Å². The fraction of sp³-hybridized carbons (Fsp3) is 0.556. The van der Waals surface area contributed by atoms with Gasteiger partial charge in [-0.1, -0.05) is 11.3 Å². The van der Waals surface area contributed by atoms with Crippen LogP contribution >= 0.6 is 11.3 Å². The number of aromatic nitrogens is 1. The molecule has 1 N–H and O–H groups in total. The van der Waals surface area contributed by atoms with Crippen molar-refractivity contribution in [3.8, 4) is 5.19 Å². The summed E-state index contributed by atoms with van der Waals surface area (Å²) in [6, 6.07) is 0. The Bertz CT molecular complexity index is 504. The second-order valence-electron chi connectivity index (χ2n) is 4.43. The number of amides is 1. The van der Waals surface area contributed by atoms with Crippen LogP contribution in [0, 0.1) is 0 Å². The van der Waals surface area contributed by atoms with Crippen molar-refractivity contribution in [3.05, 3.63) is 11.6 Å². The second kappa shape index (κ2) is 5.21. The van der Waals surface area contributed by atoms with Gasteiger partial charge in [0.25, 0.3) is 5.19 Å². The van der Waals surface area contributed by atoms with Crippen molar-refractivity contribution in [2.75, 3.05) is 7.05 Å². The number of nitrogens with zero attached hydrogens (tertiary/aromatic N) is 2. The second-order valence-corrected chi connectivity index (χ2v) is 7.70. The predicted molar refractivity (Wildman–Crippen MR) is 67.7 cm³/mol. The molecule has 1 rings (SSSR count). The van der Waals surface area contributed by atoms with Crippen molar-refractivity contribution in [1.82, 2.24) is 14.8 Å². The molecule has 0 radical (unpaired) electrons. The summed E-state index contributed by atoms with van der Waals surface area (Å²) >= 11 is 1.13. The van der Waals surface area contributed by atoms with Crippen LogP contribution in [0.2, 0.25) is 0 Å². The lowest BCUT2D eigenvalue weighted by Crippen LogP contribution is -2.50. The van der Waals surface area contributed by atoms with Crippen LogP contribution in [0.3, 0.4) is 0 Å². The molecule has 0 saturated carbocycles. The molecular weight excluding hydrogens is 278 g/mol. The van der Waals surface area contributed by atoms with Gasteiger partial charge in [-0.15, -0.1) is 4.83 Å². The maximum Gasteiger partial charge on any atom is 0.432 e. The Morgan fingerprint density at radius 1 is 1.50 bits per heavy atom. The monoisotopic (exact) mass is 293 g/mol. The Morgan fingerprint density at radius 2 is 2.11 bits per heavy atom. The van der Waals surface area contributed by atoms with Crippen molar-refractivity contribution < 1.29 is 17.9 Å². The standard InChI is InChI=1S/C9H15N3O4S2/c1-9(2,3)18(14,15)11-12(4)8(13)16-7-10-5-6-17-7/h5-6,11H,1-4H3. The summed E-state index contributed by atoms with van der Waals surface area (Å²) in [7, 11) is -2.40. The van der Waals surface area contributed by atoms with E-state index in [1.807, 2.05) is 0 Å². The topological polar surface area (TPSA) is 88.6 Å². The Balaban J connectivity index is 2.66. The van der Waals surface area contributed by atoms with Gasteiger partial charge in [0.05, 0.1) is 4.75 Å². The summed E-state index contributed by atoms with van der Waals surface area (Å²) in [6.45, 7) is 4.57. The molecule has 0 unspecified atom stereocenters. The quantitative estimate of drug-likeness (QED) is 0.846. The van der Waals surface area contributed by atoms with E-state index >= 15 is 0 Å². The number of hydrogen-bond donors (Lipinski definition) is 1. The van der Waals surface area contributed by atoms with Crippen LogP contribution < -0.4 is 9.57 Å². The minimum absolute atomic E-state index is 0.154. The van der Waals surface area contributed by atoms with Crippen molar-refractivity contribution >= 4 is 27.5 Å². The summed E-state index contributed by atoms with van der Waals surface area (Å²) in [5.74, 6) is 0. The van der Waals surface area contributed by atoms with Gasteiger partial charge in [0.15, 0.2) is 0 Å². The first kappa shape index (κ1) is 14.9. The third kappa shape index (κ3) is 3.65. The molecule has 1 heterocycles. The molecular formula is C9H15N3O4S2. The molecule has 0 saturated heterocycles. The first-order valence-electron chi connectivity index (χ1n) is 5.00. The van der Waals surface area contributed by atoms with Crippen LogP contribution in [0.1, 0.15) is 20.8 Å². The number of sulfonamides is 1. The van der Waals surface area contributed by atoms with Gasteiger partial charge in [-0.2, -0.15) is 0 Å². The van der Waals surface area contributed by atoms with Crippen LogP contribution in [0.5, 0.6) is 5.19 Å². The van der Waals surface area contributed by atoms with Gasteiger partial charge >= 0.3 is 6.09 Å². The SMILES string of the molecule is CN(NS(=O)(=O)C(C)(C)C)C(=O)Oc1nccs1. The molecule has 18 heavy (non-hydrogen) atoms. The molecule has 0 aliphatic heterocycles. The highest BCUT2D eigenvalue weighted by atomic mass is 32.2. The van der Waals surface area contributed by atoms with E-state index in [2.05, 4.69) is 9.82 Å². The van der Waals surface area contributed by atoms with Crippen molar-refractivity contribution in [3.63, 3.8) is 0 Å². The third-order valence-corrected chi connectivity index (χ3v) is 4.70. The van der Waals surface area contributed by atoms with Gasteiger partial charge in [0, 0.05) is 18.6 Å². The van der Waals surface area contributed by atoms with Gasteiger partial charge in [-0.3, -0.25) is 0 Å². The fourth-order valence-electron chi connectivity index (χ4n) is 0.758. The normalized spacial score (nSPS) is 12.2. The van der Waals surface area contributed by atoms with Crippen molar-refractivity contribution in [2.45, 2.75) is 25.5 Å². The van der Waals surface area contributed by atoms with Gasteiger partial charge in [0.2, 0.25) is 10.0 Å². The molecule has 0 bridgehead atoms. The minimum Gasteiger partial charge on any atom is -0.380 e. The van der Waals surface area contributed by atoms with E-state index in [0.717, 1.165) is 16.3 Å². The highest BCUT2D eigenvalue weighted by Gasteiger charge is 2.31. The van der Waals surface area contributed by atoms with Gasteiger partial charge in [-0.05, 0) is 20.8 Å². The van der Waals surface area contributed by atoms with E-state index in [1.165, 1.54) is 34.0 Å². The molecule has 0 aliphatic rings. The lowest BCUT2D eigenvalue weighted by molar-refractivity contribution is 0.155. The molecule has 0 atom stereocenters. The van der Waals surface area contributed by atoms with E-state index in [9.17, 15) is 13.2 Å². The summed E-state index contributed by atoms with van der Waals surface area (Å²) < 4.78 is 27.4. The van der Waals surface area contributed by atoms with E-state index in [-0.39, 0.29) is 5.19 Å². The number of thiazole rings is 1. The Hall–Kier alpha value is -1.19. The number of carbonyl (C=O) groups is 1. The van der Waals surface area contributed by atoms with Gasteiger partial charge in [0.1, 0.15) is 0 Å². The molecule has 9 heteroatoms. The van der Waals surface area contributed by atoms with Crippen LogP contribution in [-0.2, 0) is 10.0 Å². The number of hydrazine groups is 1. The van der Waals surface area contributed by atoms with Crippen LogP contribution in [0.25, 0.3) is 0 Å². The zero-order valence-corrected chi connectivity index (χ0v) is 12.1. The van der Waals surface area contributed by atoms with Crippen molar-refractivity contribution in [1.29, 1.82) is 0 Å². The Morgan fingerprint density at radius 3 is 2.56 bits per heavy atom. The number of carbonyl (C=O) groups excluding carboxylic acids is 1. The fourth-order valence-corrected chi connectivity index (χ4v) is 1.95. The summed E-state index contributed by atoms with van der Waals surface area (Å²) in [4.78, 5) is 17.4. The largest absolute Gasteiger partial charge is 0.432 e. The number of hydrogen-bond acceptors (Lipinski definition) is 6. The van der Waals surface area contributed by atoms with E-state index in [4.69, 9.17) is 4.74 Å². The maximum absolute atomic E-state index is 11.8. The molecule has 0 aliphatic carbocycles. The smallest absolute Gasteiger partial charge is 0.380 e. The predicted octanol–water partition coefficient (Wildman–Crippen LogP) is 1.21. The number of nitrogens with one attached hydrogen (secondary N) is 1. The number of ether oxygens (including phenoxy) is 1. The Kier molecular flexibility index (Phi) is 4.30. The van der Waals surface area contributed by atoms with E-state index in [0.29, 0.717) is 0 Å². The first-order chi connectivity index (χ1) is 8.13. The molecule has 0 fully saturated rings. The van der Waals surface area contributed by atoms with E-state index < -0.39 is 20.9 Å². The maximum atomic E-state index is 11.8. The lowest BCUT2D eigenvalue weighted by Gasteiger charge is -2.24. The highest BCUT2D eigenvalue weighted by Crippen LogP contribution is 2.16. The molecule has 1 aromatic rings. The van der Waals surface area contributed by atoms with Crippen LogP contribution in [-0.4, -0.2) is 36.3 Å². The average molecular weight is 293 g/mol. The summed E-state index contributed by atoms with van der Waals surface area (Å²) in [5.41, 5.74) is 0. The minimum atomic E-state index is -3.66. The summed E-state index contributed by atoms with van der Waals surface area (Å²) in [5, 5.41) is 2.56. The summed E-state index contributed by atoms with van der Waals surface area (Å²) in [6.07, 6.45) is 0.629. The average Bonchev–Trinajstić information content (AvgIpc) is 2.67. The van der Waals surface area contributed by atoms with Crippen LogP contribution in [0.4, 0.5) is 4.79 Å². The van der Waals surface area contributed by atoms with Gasteiger partial charge < -0.3 is 4.74 Å². The van der Waals surface area contributed by atoms with Gasteiger partial charge in [-0.25, -0.2) is 23.2 Å². The number of rotatable bonds is 3.